The van der Waals surface area contributed by atoms with Crippen LogP contribution in [-0.4, -0.2) is 28.8 Å². The van der Waals surface area contributed by atoms with E-state index in [4.69, 9.17) is 9.84 Å². The number of nitrogens with one attached hydrogen (secondary N) is 1. The zero-order valence-electron chi connectivity index (χ0n) is 12.5. The van der Waals surface area contributed by atoms with Gasteiger partial charge in [0.15, 0.2) is 0 Å². The van der Waals surface area contributed by atoms with Gasteiger partial charge in [0.1, 0.15) is 5.60 Å². The molecule has 0 heterocycles. The molecule has 0 aliphatic heterocycles. The molecule has 4 unspecified atom stereocenters. The molecule has 2 N–H and O–H groups in total. The fourth-order valence-electron chi connectivity index (χ4n) is 3.24. The Balaban J connectivity index is 1.92. The molecule has 1 amide bonds. The molecular formula is C15H25NO4. The Morgan fingerprint density at radius 3 is 2.50 bits per heavy atom. The van der Waals surface area contributed by atoms with Gasteiger partial charge in [-0.15, -0.1) is 0 Å². The van der Waals surface area contributed by atoms with Crippen molar-refractivity contribution in [1.29, 1.82) is 0 Å². The van der Waals surface area contributed by atoms with Crippen molar-refractivity contribution in [1.82, 2.24) is 5.32 Å². The number of amides is 1. The summed E-state index contributed by atoms with van der Waals surface area (Å²) in [6.07, 6.45) is 3.96. The molecule has 0 bridgehead atoms. The minimum atomic E-state index is -0.871. The van der Waals surface area contributed by atoms with Gasteiger partial charge in [0.2, 0.25) is 0 Å². The normalized spacial score (nSPS) is 30.1. The molecule has 2 fully saturated rings. The Hall–Kier alpha value is -1.26. The minimum absolute atomic E-state index is 0.0265. The highest BCUT2D eigenvalue weighted by molar-refractivity contribution is 5.71. The summed E-state index contributed by atoms with van der Waals surface area (Å²) in [7, 11) is 0. The molecule has 4 atom stereocenters. The highest BCUT2D eigenvalue weighted by atomic mass is 16.6. The third-order valence-corrected chi connectivity index (χ3v) is 4.25. The molecule has 0 saturated heterocycles. The van der Waals surface area contributed by atoms with Gasteiger partial charge < -0.3 is 15.2 Å². The van der Waals surface area contributed by atoms with Crippen LogP contribution in [0.25, 0.3) is 0 Å². The maximum atomic E-state index is 11.9. The highest BCUT2D eigenvalue weighted by Gasteiger charge is 2.44. The van der Waals surface area contributed by atoms with Gasteiger partial charge >= 0.3 is 12.1 Å². The summed E-state index contributed by atoms with van der Waals surface area (Å²) in [5, 5.41) is 11.8. The van der Waals surface area contributed by atoms with Crippen LogP contribution >= 0.6 is 0 Å². The van der Waals surface area contributed by atoms with E-state index >= 15 is 0 Å². The van der Waals surface area contributed by atoms with Crippen molar-refractivity contribution in [2.75, 3.05) is 0 Å². The van der Waals surface area contributed by atoms with E-state index in [9.17, 15) is 9.59 Å². The summed E-state index contributed by atoms with van der Waals surface area (Å²) >= 11 is 0. The summed E-state index contributed by atoms with van der Waals surface area (Å²) in [4.78, 5) is 22.9. The molecule has 114 valence electrons. The number of carboxylic acids is 1. The van der Waals surface area contributed by atoms with Gasteiger partial charge in [-0.3, -0.25) is 4.79 Å². The smallest absolute Gasteiger partial charge is 0.407 e. The molecule has 5 nitrogen and oxygen atoms in total. The van der Waals surface area contributed by atoms with Crippen LogP contribution < -0.4 is 5.32 Å². The average Bonchev–Trinajstić information content (AvgIpc) is 3.02. The molecular weight excluding hydrogens is 258 g/mol. The largest absolute Gasteiger partial charge is 0.481 e. The quantitative estimate of drug-likeness (QED) is 0.832. The van der Waals surface area contributed by atoms with Crippen LogP contribution in [0.4, 0.5) is 4.79 Å². The van der Waals surface area contributed by atoms with E-state index < -0.39 is 17.7 Å². The molecule has 0 aromatic carbocycles. The first kappa shape index (κ1) is 15.1. The van der Waals surface area contributed by atoms with Crippen molar-refractivity contribution in [3.05, 3.63) is 0 Å². The van der Waals surface area contributed by atoms with Gasteiger partial charge in [0.25, 0.3) is 0 Å². The van der Waals surface area contributed by atoms with Gasteiger partial charge in [-0.25, -0.2) is 4.79 Å². The summed E-state index contributed by atoms with van der Waals surface area (Å²) in [5.74, 6) is 1.01. The minimum Gasteiger partial charge on any atom is -0.481 e. The van der Waals surface area contributed by atoms with Crippen molar-refractivity contribution >= 4 is 12.1 Å². The number of fused-ring (bicyclic) bond motifs is 1. The van der Waals surface area contributed by atoms with Crippen LogP contribution in [0.3, 0.4) is 0 Å². The average molecular weight is 283 g/mol. The molecule has 0 aromatic rings. The van der Waals surface area contributed by atoms with Crippen molar-refractivity contribution in [2.24, 2.45) is 17.8 Å². The number of rotatable bonds is 4. The third-order valence-electron chi connectivity index (χ3n) is 4.25. The van der Waals surface area contributed by atoms with E-state index in [0.29, 0.717) is 0 Å². The lowest BCUT2D eigenvalue weighted by Gasteiger charge is -2.30. The summed E-state index contributed by atoms with van der Waals surface area (Å²) in [6.45, 7) is 5.40. The summed E-state index contributed by atoms with van der Waals surface area (Å²) in [5.41, 5.74) is -0.563. The van der Waals surface area contributed by atoms with Gasteiger partial charge in [-0.2, -0.15) is 0 Å². The Kier molecular flexibility index (Phi) is 4.25. The molecule has 2 rings (SSSR count). The number of carbonyl (C=O) groups excluding carboxylic acids is 1. The van der Waals surface area contributed by atoms with Crippen LogP contribution in [0.1, 0.15) is 52.9 Å². The van der Waals surface area contributed by atoms with Gasteiger partial charge in [-0.05, 0) is 64.2 Å². The number of hydrogen-bond donors (Lipinski definition) is 2. The number of hydrogen-bond acceptors (Lipinski definition) is 3. The van der Waals surface area contributed by atoms with E-state index in [1.54, 1.807) is 20.8 Å². The standard InChI is InChI=1S/C15H25NO4/c1-15(2,3)20-14(19)16-12(8-13(17)18)10-5-4-9-6-11(9)7-10/h9-12H,4-8H2,1-3H3,(H,16,19)(H,17,18). The SMILES string of the molecule is CC(C)(C)OC(=O)NC(CC(=O)O)C1CCC2CC2C1. The van der Waals surface area contributed by atoms with Crippen LogP contribution in [0.15, 0.2) is 0 Å². The maximum Gasteiger partial charge on any atom is 0.407 e. The van der Waals surface area contributed by atoms with E-state index in [2.05, 4.69) is 5.32 Å². The van der Waals surface area contributed by atoms with Crippen molar-refractivity contribution < 1.29 is 19.4 Å². The Bertz CT molecular complexity index is 388. The lowest BCUT2D eigenvalue weighted by atomic mass is 9.82. The number of carboxylic acid groups (broad SMARTS) is 1. The molecule has 5 heteroatoms. The molecule has 2 aliphatic rings. The lowest BCUT2D eigenvalue weighted by Crippen LogP contribution is -2.44. The van der Waals surface area contributed by atoms with Crippen LogP contribution in [0, 0.1) is 17.8 Å². The number of aliphatic carboxylic acids is 1. The zero-order chi connectivity index (χ0) is 14.9. The van der Waals surface area contributed by atoms with E-state index in [-0.39, 0.29) is 18.4 Å². The number of ether oxygens (including phenoxy) is 1. The van der Waals surface area contributed by atoms with E-state index in [1.807, 2.05) is 0 Å². The Labute approximate surface area is 120 Å². The van der Waals surface area contributed by atoms with Gasteiger partial charge in [-0.1, -0.05) is 0 Å². The Morgan fingerprint density at radius 2 is 1.95 bits per heavy atom. The monoisotopic (exact) mass is 283 g/mol. The first-order chi connectivity index (χ1) is 9.24. The number of alkyl carbamates (subject to hydrolysis) is 1. The van der Waals surface area contributed by atoms with Crippen LogP contribution in [0.2, 0.25) is 0 Å². The van der Waals surface area contributed by atoms with Crippen molar-refractivity contribution in [3.8, 4) is 0 Å². The third kappa shape index (κ3) is 4.39. The lowest BCUT2D eigenvalue weighted by molar-refractivity contribution is -0.137. The predicted octanol–water partition coefficient (Wildman–Crippen LogP) is 2.79. The van der Waals surface area contributed by atoms with Crippen molar-refractivity contribution in [3.63, 3.8) is 0 Å². The maximum absolute atomic E-state index is 11.9. The molecule has 0 spiro atoms. The Morgan fingerprint density at radius 1 is 1.25 bits per heavy atom. The first-order valence-corrected chi connectivity index (χ1v) is 7.46. The number of carbonyl (C=O) groups is 2. The van der Waals surface area contributed by atoms with Crippen LogP contribution in [-0.2, 0) is 9.53 Å². The molecule has 0 radical (unpaired) electrons. The van der Waals surface area contributed by atoms with Crippen LogP contribution in [0.5, 0.6) is 0 Å². The molecule has 2 saturated carbocycles. The fraction of sp³-hybridized carbons (Fsp3) is 0.867. The molecule has 2 aliphatic carbocycles. The second-order valence-corrected chi connectivity index (χ2v) is 7.18. The second-order valence-electron chi connectivity index (χ2n) is 7.18. The van der Waals surface area contributed by atoms with E-state index in [0.717, 1.165) is 24.7 Å². The predicted molar refractivity (Wildman–Crippen MR) is 74.3 cm³/mol. The zero-order valence-corrected chi connectivity index (χ0v) is 12.5. The highest BCUT2D eigenvalue weighted by Crippen LogP contribution is 2.52. The van der Waals surface area contributed by atoms with Gasteiger partial charge in [0, 0.05) is 6.04 Å². The second kappa shape index (κ2) is 5.62. The van der Waals surface area contributed by atoms with Crippen molar-refractivity contribution in [2.45, 2.75) is 64.5 Å². The fourth-order valence-corrected chi connectivity index (χ4v) is 3.24. The topological polar surface area (TPSA) is 75.6 Å². The first-order valence-electron chi connectivity index (χ1n) is 7.46. The summed E-state index contributed by atoms with van der Waals surface area (Å²) in [6, 6.07) is -0.316. The molecule has 0 aromatic heterocycles. The summed E-state index contributed by atoms with van der Waals surface area (Å²) < 4.78 is 5.23. The van der Waals surface area contributed by atoms with Gasteiger partial charge in [0.05, 0.1) is 6.42 Å². The van der Waals surface area contributed by atoms with E-state index in [1.165, 1.54) is 12.8 Å². The molecule has 20 heavy (non-hydrogen) atoms.